The van der Waals surface area contributed by atoms with Gasteiger partial charge in [-0.15, -0.1) is 0 Å². The lowest BCUT2D eigenvalue weighted by Crippen LogP contribution is -2.34. The fourth-order valence-corrected chi connectivity index (χ4v) is 3.67. The molecule has 0 heterocycles. The molecule has 0 bridgehead atoms. The number of nitrogens with one attached hydrogen (secondary N) is 1. The Morgan fingerprint density at radius 1 is 1.33 bits per heavy atom. The largest absolute Gasteiger partial charge is 0.398 e. The molecule has 120 valence electrons. The third kappa shape index (κ3) is 5.61. The first-order valence-corrected chi connectivity index (χ1v) is 8.43. The molecule has 0 unspecified atom stereocenters. The number of nitrogen functional groups attached to an aromatic ring is 1. The molecule has 1 aromatic rings. The highest BCUT2D eigenvalue weighted by Gasteiger charge is 2.21. The zero-order chi connectivity index (χ0) is 16.0. The highest BCUT2D eigenvalue weighted by molar-refractivity contribution is 7.89. The molecule has 0 saturated carbocycles. The molecule has 0 saturated heterocycles. The lowest BCUT2D eigenvalue weighted by Gasteiger charge is -2.17. The zero-order valence-electron chi connectivity index (χ0n) is 11.9. The standard InChI is InChI=1S/C12H19Cl2N3O3S/c1-17(5-6-20-2)4-3-16-21(18,19)12-10(14)7-9(13)8-11(12)15/h7-8,16H,3-6,15H2,1-2H3. The summed E-state index contributed by atoms with van der Waals surface area (Å²) in [6.07, 6.45) is 0. The van der Waals surface area contributed by atoms with Crippen molar-refractivity contribution in [3.8, 4) is 0 Å². The van der Waals surface area contributed by atoms with Crippen LogP contribution in [-0.4, -0.2) is 53.7 Å². The summed E-state index contributed by atoms with van der Waals surface area (Å²) in [5, 5.41) is 0.288. The molecule has 0 radical (unpaired) electrons. The van der Waals surface area contributed by atoms with Gasteiger partial charge in [0.2, 0.25) is 10.0 Å². The minimum atomic E-state index is -3.78. The van der Waals surface area contributed by atoms with E-state index in [0.29, 0.717) is 19.7 Å². The maximum Gasteiger partial charge on any atom is 0.244 e. The summed E-state index contributed by atoms with van der Waals surface area (Å²) in [6.45, 7) is 2.07. The van der Waals surface area contributed by atoms with E-state index in [9.17, 15) is 8.42 Å². The predicted octanol–water partition coefficient (Wildman–Crippen LogP) is 1.43. The van der Waals surface area contributed by atoms with Crippen LogP contribution in [0.1, 0.15) is 0 Å². The predicted molar refractivity (Wildman–Crippen MR) is 85.4 cm³/mol. The number of ether oxygens (including phenoxy) is 1. The van der Waals surface area contributed by atoms with Gasteiger partial charge in [0, 0.05) is 31.8 Å². The smallest absolute Gasteiger partial charge is 0.244 e. The molecule has 1 aromatic carbocycles. The van der Waals surface area contributed by atoms with Gasteiger partial charge in [-0.25, -0.2) is 13.1 Å². The molecule has 0 fully saturated rings. The van der Waals surface area contributed by atoms with Gasteiger partial charge < -0.3 is 15.4 Å². The number of benzene rings is 1. The summed E-state index contributed by atoms with van der Waals surface area (Å²) in [4.78, 5) is 1.80. The van der Waals surface area contributed by atoms with Crippen LogP contribution in [0, 0.1) is 0 Å². The van der Waals surface area contributed by atoms with Crippen LogP contribution < -0.4 is 10.5 Å². The Balaban J connectivity index is 2.71. The topological polar surface area (TPSA) is 84.7 Å². The Morgan fingerprint density at radius 3 is 2.57 bits per heavy atom. The van der Waals surface area contributed by atoms with Crippen LogP contribution in [0.4, 0.5) is 5.69 Å². The molecular formula is C12H19Cl2N3O3S. The number of sulfonamides is 1. The summed E-state index contributed by atoms with van der Waals surface area (Å²) in [5.74, 6) is 0. The van der Waals surface area contributed by atoms with Gasteiger partial charge in [0.15, 0.2) is 0 Å². The molecule has 9 heteroatoms. The average Bonchev–Trinajstić information content (AvgIpc) is 2.34. The number of likely N-dealkylation sites (N-methyl/N-ethyl adjacent to an activating group) is 1. The number of hydrogen-bond donors (Lipinski definition) is 2. The highest BCUT2D eigenvalue weighted by Crippen LogP contribution is 2.30. The van der Waals surface area contributed by atoms with Gasteiger partial charge >= 0.3 is 0 Å². The van der Waals surface area contributed by atoms with Crippen molar-refractivity contribution in [2.75, 3.05) is 46.1 Å². The third-order valence-electron chi connectivity index (χ3n) is 2.77. The fourth-order valence-electron chi connectivity index (χ4n) is 1.67. The third-order valence-corrected chi connectivity index (χ3v) is 4.97. The van der Waals surface area contributed by atoms with Gasteiger partial charge in [-0.3, -0.25) is 0 Å². The molecule has 0 amide bonds. The van der Waals surface area contributed by atoms with E-state index in [1.54, 1.807) is 7.11 Å². The van der Waals surface area contributed by atoms with Crippen LogP contribution in [0.15, 0.2) is 17.0 Å². The first kappa shape index (κ1) is 18.5. The Hall–Kier alpha value is -0.570. The van der Waals surface area contributed by atoms with Crippen LogP contribution >= 0.6 is 23.2 Å². The van der Waals surface area contributed by atoms with Crippen LogP contribution in [0.3, 0.4) is 0 Å². The number of anilines is 1. The second kappa shape index (κ2) is 8.17. The minimum absolute atomic E-state index is 0.000220. The molecule has 0 spiro atoms. The van der Waals surface area contributed by atoms with Gasteiger partial charge in [-0.1, -0.05) is 23.2 Å². The SMILES string of the molecule is COCCN(C)CCNS(=O)(=O)c1c(N)cc(Cl)cc1Cl. The highest BCUT2D eigenvalue weighted by atomic mass is 35.5. The van der Waals surface area contributed by atoms with Crippen molar-refractivity contribution in [3.05, 3.63) is 22.2 Å². The lowest BCUT2D eigenvalue weighted by molar-refractivity contribution is 0.162. The Morgan fingerprint density at radius 2 is 2.00 bits per heavy atom. The zero-order valence-corrected chi connectivity index (χ0v) is 14.2. The van der Waals surface area contributed by atoms with Crippen molar-refractivity contribution < 1.29 is 13.2 Å². The lowest BCUT2D eigenvalue weighted by atomic mass is 10.3. The summed E-state index contributed by atoms with van der Waals surface area (Å²) in [6, 6.07) is 2.70. The second-order valence-corrected chi connectivity index (χ2v) is 7.05. The molecule has 3 N–H and O–H groups in total. The minimum Gasteiger partial charge on any atom is -0.398 e. The van der Waals surface area contributed by atoms with Crippen LogP contribution in [0.2, 0.25) is 10.0 Å². The van der Waals surface area contributed by atoms with Crippen LogP contribution in [0.25, 0.3) is 0 Å². The van der Waals surface area contributed by atoms with Crippen LogP contribution in [0.5, 0.6) is 0 Å². The van der Waals surface area contributed by atoms with Crippen molar-refractivity contribution >= 4 is 38.9 Å². The number of halogens is 2. The molecule has 0 aliphatic heterocycles. The molecule has 1 rings (SSSR count). The quantitative estimate of drug-likeness (QED) is 0.689. The van der Waals surface area contributed by atoms with E-state index in [0.717, 1.165) is 0 Å². The molecule has 6 nitrogen and oxygen atoms in total. The number of methoxy groups -OCH3 is 1. The van der Waals surface area contributed by atoms with E-state index in [-0.39, 0.29) is 27.2 Å². The number of hydrogen-bond acceptors (Lipinski definition) is 5. The van der Waals surface area contributed by atoms with Gasteiger partial charge in [0.1, 0.15) is 4.90 Å². The Bertz CT molecular complexity index is 558. The van der Waals surface area contributed by atoms with Crippen LogP contribution in [-0.2, 0) is 14.8 Å². The normalized spacial score (nSPS) is 12.0. The van der Waals surface area contributed by atoms with Crippen molar-refractivity contribution in [2.45, 2.75) is 4.90 Å². The van der Waals surface area contributed by atoms with Gasteiger partial charge in [0.05, 0.1) is 17.3 Å². The molecule has 21 heavy (non-hydrogen) atoms. The first-order chi connectivity index (χ1) is 9.77. The van der Waals surface area contributed by atoms with E-state index in [1.165, 1.54) is 12.1 Å². The van der Waals surface area contributed by atoms with E-state index in [4.69, 9.17) is 33.7 Å². The maximum absolute atomic E-state index is 12.2. The van der Waals surface area contributed by atoms with Gasteiger partial charge in [-0.05, 0) is 19.2 Å². The van der Waals surface area contributed by atoms with Gasteiger partial charge in [0.25, 0.3) is 0 Å². The van der Waals surface area contributed by atoms with E-state index in [1.807, 2.05) is 11.9 Å². The van der Waals surface area contributed by atoms with E-state index >= 15 is 0 Å². The van der Waals surface area contributed by atoms with Crippen molar-refractivity contribution in [2.24, 2.45) is 0 Å². The molecule has 0 atom stereocenters. The molecular weight excluding hydrogens is 337 g/mol. The summed E-state index contributed by atoms with van der Waals surface area (Å²) in [5.41, 5.74) is 5.71. The van der Waals surface area contributed by atoms with Gasteiger partial charge in [-0.2, -0.15) is 0 Å². The Labute approximate surface area is 135 Å². The maximum atomic E-state index is 12.2. The average molecular weight is 356 g/mol. The summed E-state index contributed by atoms with van der Waals surface area (Å²) < 4.78 is 31.8. The monoisotopic (exact) mass is 355 g/mol. The number of nitrogens with two attached hydrogens (primary N) is 1. The van der Waals surface area contributed by atoms with Crippen molar-refractivity contribution in [1.82, 2.24) is 9.62 Å². The van der Waals surface area contributed by atoms with Crippen molar-refractivity contribution in [1.29, 1.82) is 0 Å². The fraction of sp³-hybridized carbons (Fsp3) is 0.500. The molecule has 0 aromatic heterocycles. The van der Waals surface area contributed by atoms with E-state index in [2.05, 4.69) is 4.72 Å². The molecule has 0 aliphatic carbocycles. The first-order valence-electron chi connectivity index (χ1n) is 6.19. The Kier molecular flexibility index (Phi) is 7.19. The second-order valence-electron chi connectivity index (χ2n) is 4.50. The van der Waals surface area contributed by atoms with E-state index < -0.39 is 10.0 Å². The number of nitrogens with zero attached hydrogens (tertiary/aromatic N) is 1. The molecule has 0 aliphatic rings. The van der Waals surface area contributed by atoms with Crippen molar-refractivity contribution in [3.63, 3.8) is 0 Å². The summed E-state index contributed by atoms with van der Waals surface area (Å²) >= 11 is 11.7. The summed E-state index contributed by atoms with van der Waals surface area (Å²) in [7, 11) is -0.293. The number of rotatable bonds is 8.